The number of aromatic amines is 1. The molecule has 4 N–H and O–H groups in total. The van der Waals surface area contributed by atoms with Gasteiger partial charge in [0.15, 0.2) is 5.82 Å². The van der Waals surface area contributed by atoms with Crippen LogP contribution in [0, 0.1) is 0 Å². The quantitative estimate of drug-likeness (QED) is 0.273. The zero-order chi connectivity index (χ0) is 7.23. The van der Waals surface area contributed by atoms with E-state index < -0.39 is 0 Å². The third-order valence-electron chi connectivity index (χ3n) is 1.11. The Labute approximate surface area is 58.2 Å². The van der Waals surface area contributed by atoms with Crippen molar-refractivity contribution < 1.29 is 0 Å². The molecule has 0 aliphatic heterocycles. The first-order valence-corrected chi connectivity index (χ1v) is 3.09. The van der Waals surface area contributed by atoms with Crippen LogP contribution in [0.3, 0.4) is 0 Å². The number of aryl methyl sites for hydroxylation is 1. The fourth-order valence-electron chi connectivity index (χ4n) is 0.637. The van der Waals surface area contributed by atoms with Crippen LogP contribution in [0.5, 0.6) is 0 Å². The third-order valence-corrected chi connectivity index (χ3v) is 1.11. The van der Waals surface area contributed by atoms with Crippen molar-refractivity contribution in [1.82, 2.24) is 26.0 Å². The van der Waals surface area contributed by atoms with E-state index in [4.69, 9.17) is 5.84 Å². The number of nitrogens with zero attached hydrogens (tertiary/aromatic N) is 3. The number of hydrogen-bond donors (Lipinski definition) is 3. The minimum Gasteiger partial charge on any atom is -0.271 e. The predicted molar refractivity (Wildman–Crippen MR) is 34.7 cm³/mol. The second kappa shape index (κ2) is 3.91. The molecule has 0 radical (unpaired) electrons. The van der Waals surface area contributed by atoms with Gasteiger partial charge in [0.05, 0.1) is 0 Å². The Morgan fingerprint density at radius 1 is 1.60 bits per heavy atom. The van der Waals surface area contributed by atoms with E-state index in [0.717, 1.165) is 25.2 Å². The molecular weight excluding hydrogens is 132 g/mol. The van der Waals surface area contributed by atoms with Crippen LogP contribution < -0.4 is 11.3 Å². The van der Waals surface area contributed by atoms with Crippen molar-refractivity contribution in [3.8, 4) is 0 Å². The molecule has 6 heteroatoms. The fraction of sp³-hybridized carbons (Fsp3) is 0.750. The maximum absolute atomic E-state index is 5.05. The zero-order valence-electron chi connectivity index (χ0n) is 5.54. The minimum atomic E-state index is 0.732. The van der Waals surface area contributed by atoms with Crippen molar-refractivity contribution in [3.05, 3.63) is 5.82 Å². The molecular formula is C4H10N6. The van der Waals surface area contributed by atoms with Gasteiger partial charge in [0, 0.05) is 13.0 Å². The van der Waals surface area contributed by atoms with Gasteiger partial charge in [-0.1, -0.05) is 5.21 Å². The summed E-state index contributed by atoms with van der Waals surface area (Å²) in [5, 5.41) is 13.3. The lowest BCUT2D eigenvalue weighted by Crippen LogP contribution is -2.23. The van der Waals surface area contributed by atoms with Crippen LogP contribution in [-0.2, 0) is 6.42 Å². The largest absolute Gasteiger partial charge is 0.271 e. The standard InChI is InChI=1S/C4H10N6/c5-6-3-1-2-4-7-9-10-8-4/h6H,1-3,5H2,(H,7,8,9,10). The summed E-state index contributed by atoms with van der Waals surface area (Å²) in [5.41, 5.74) is 2.54. The SMILES string of the molecule is NNCCCc1nn[nH]n1. The molecule has 1 aromatic heterocycles. The fourth-order valence-corrected chi connectivity index (χ4v) is 0.637. The van der Waals surface area contributed by atoms with Crippen LogP contribution in [0.2, 0.25) is 0 Å². The summed E-state index contributed by atoms with van der Waals surface area (Å²) in [6.45, 7) is 0.772. The van der Waals surface area contributed by atoms with Gasteiger partial charge in [-0.15, -0.1) is 10.2 Å². The van der Waals surface area contributed by atoms with E-state index in [0.29, 0.717) is 0 Å². The second-order valence-electron chi connectivity index (χ2n) is 1.89. The average molecular weight is 142 g/mol. The van der Waals surface area contributed by atoms with Crippen LogP contribution in [0.15, 0.2) is 0 Å². The van der Waals surface area contributed by atoms with E-state index in [1.165, 1.54) is 0 Å². The number of aromatic nitrogens is 4. The molecule has 1 rings (SSSR count). The number of tetrazole rings is 1. The first kappa shape index (κ1) is 7.10. The van der Waals surface area contributed by atoms with E-state index in [9.17, 15) is 0 Å². The molecule has 1 heterocycles. The number of hydrogen-bond acceptors (Lipinski definition) is 5. The Bertz CT molecular complexity index is 158. The summed E-state index contributed by atoms with van der Waals surface area (Å²) in [6, 6.07) is 0. The van der Waals surface area contributed by atoms with Gasteiger partial charge in [0.25, 0.3) is 0 Å². The Morgan fingerprint density at radius 2 is 2.50 bits per heavy atom. The molecule has 0 aliphatic rings. The molecule has 0 saturated carbocycles. The summed E-state index contributed by atoms with van der Waals surface area (Å²) >= 11 is 0. The van der Waals surface area contributed by atoms with Crippen molar-refractivity contribution in [2.45, 2.75) is 12.8 Å². The summed E-state index contributed by atoms with van der Waals surface area (Å²) in [4.78, 5) is 0. The molecule has 10 heavy (non-hydrogen) atoms. The first-order chi connectivity index (χ1) is 4.93. The smallest absolute Gasteiger partial charge is 0.174 e. The highest BCUT2D eigenvalue weighted by molar-refractivity contribution is 4.75. The van der Waals surface area contributed by atoms with Crippen molar-refractivity contribution in [2.24, 2.45) is 5.84 Å². The van der Waals surface area contributed by atoms with Gasteiger partial charge in [-0.3, -0.25) is 11.3 Å². The molecule has 0 aromatic carbocycles. The summed E-state index contributed by atoms with van der Waals surface area (Å²) in [5.74, 6) is 5.79. The lowest BCUT2D eigenvalue weighted by Gasteiger charge is -1.92. The van der Waals surface area contributed by atoms with Gasteiger partial charge < -0.3 is 0 Å². The summed E-state index contributed by atoms with van der Waals surface area (Å²) in [7, 11) is 0. The lowest BCUT2D eigenvalue weighted by molar-refractivity contribution is 0.665. The topological polar surface area (TPSA) is 92.5 Å². The highest BCUT2D eigenvalue weighted by Gasteiger charge is 1.95. The van der Waals surface area contributed by atoms with Crippen molar-refractivity contribution in [1.29, 1.82) is 0 Å². The van der Waals surface area contributed by atoms with Gasteiger partial charge in [-0.2, -0.15) is 5.21 Å². The zero-order valence-corrected chi connectivity index (χ0v) is 5.54. The predicted octanol–water partition coefficient (Wildman–Crippen LogP) is -1.40. The molecule has 0 bridgehead atoms. The summed E-state index contributed by atoms with van der Waals surface area (Å²) < 4.78 is 0. The number of nitrogens with two attached hydrogens (primary N) is 1. The molecule has 1 aromatic rings. The second-order valence-corrected chi connectivity index (χ2v) is 1.89. The summed E-state index contributed by atoms with van der Waals surface area (Å²) in [6.07, 6.45) is 1.73. The molecule has 56 valence electrons. The number of H-pyrrole nitrogens is 1. The van der Waals surface area contributed by atoms with E-state index in [2.05, 4.69) is 26.0 Å². The number of hydrazine groups is 1. The molecule has 0 amide bonds. The minimum absolute atomic E-state index is 0.732. The van der Waals surface area contributed by atoms with Crippen molar-refractivity contribution in [2.75, 3.05) is 6.54 Å². The molecule has 0 fully saturated rings. The van der Waals surface area contributed by atoms with Gasteiger partial charge in [0.2, 0.25) is 0 Å². The van der Waals surface area contributed by atoms with Crippen LogP contribution in [0.4, 0.5) is 0 Å². The van der Waals surface area contributed by atoms with Crippen LogP contribution >= 0.6 is 0 Å². The highest BCUT2D eigenvalue weighted by Crippen LogP contribution is 1.88. The first-order valence-electron chi connectivity index (χ1n) is 3.09. The van der Waals surface area contributed by atoms with Gasteiger partial charge in [-0.25, -0.2) is 0 Å². The molecule has 0 spiro atoms. The van der Waals surface area contributed by atoms with E-state index >= 15 is 0 Å². The Morgan fingerprint density at radius 3 is 3.10 bits per heavy atom. The molecule has 6 nitrogen and oxygen atoms in total. The Balaban J connectivity index is 2.15. The molecule has 0 aliphatic carbocycles. The van der Waals surface area contributed by atoms with E-state index in [1.54, 1.807) is 0 Å². The average Bonchev–Trinajstić information content (AvgIpc) is 2.41. The molecule has 0 unspecified atom stereocenters. The van der Waals surface area contributed by atoms with Gasteiger partial charge >= 0.3 is 0 Å². The van der Waals surface area contributed by atoms with Gasteiger partial charge in [-0.05, 0) is 6.42 Å². The normalized spacial score (nSPS) is 10.1. The Kier molecular flexibility index (Phi) is 2.78. The van der Waals surface area contributed by atoms with Crippen LogP contribution in [0.25, 0.3) is 0 Å². The molecule has 0 saturated heterocycles. The molecule has 0 atom stereocenters. The van der Waals surface area contributed by atoms with Crippen molar-refractivity contribution >= 4 is 0 Å². The van der Waals surface area contributed by atoms with Crippen LogP contribution in [0.1, 0.15) is 12.2 Å². The number of rotatable bonds is 4. The lowest BCUT2D eigenvalue weighted by atomic mass is 10.3. The Hall–Kier alpha value is -1.01. The monoisotopic (exact) mass is 142 g/mol. The maximum atomic E-state index is 5.05. The van der Waals surface area contributed by atoms with E-state index in [1.807, 2.05) is 0 Å². The highest BCUT2D eigenvalue weighted by atomic mass is 15.5. The van der Waals surface area contributed by atoms with E-state index in [-0.39, 0.29) is 0 Å². The number of nitrogens with one attached hydrogen (secondary N) is 2. The van der Waals surface area contributed by atoms with Crippen molar-refractivity contribution in [3.63, 3.8) is 0 Å². The maximum Gasteiger partial charge on any atom is 0.174 e. The third kappa shape index (κ3) is 2.08. The van der Waals surface area contributed by atoms with Gasteiger partial charge in [0.1, 0.15) is 0 Å². The van der Waals surface area contributed by atoms with Crippen LogP contribution in [-0.4, -0.2) is 27.2 Å².